The van der Waals surface area contributed by atoms with Crippen molar-refractivity contribution in [3.05, 3.63) is 0 Å². The molecule has 16 heavy (non-hydrogen) atoms. The lowest BCUT2D eigenvalue weighted by molar-refractivity contribution is -0.154. The minimum absolute atomic E-state index is 0.0658. The van der Waals surface area contributed by atoms with Gasteiger partial charge in [0, 0.05) is 6.42 Å². The normalized spacial score (nSPS) is 11.6. The van der Waals surface area contributed by atoms with Crippen LogP contribution in [0.3, 0.4) is 0 Å². The Hall–Kier alpha value is -1.43. The van der Waals surface area contributed by atoms with Gasteiger partial charge >= 0.3 is 12.4 Å². The molecule has 0 aromatic heterocycles. The smallest absolute Gasteiger partial charge is 0.336 e. The van der Waals surface area contributed by atoms with Crippen molar-refractivity contribution in [3.63, 3.8) is 0 Å². The molecule has 0 heterocycles. The van der Waals surface area contributed by atoms with Crippen molar-refractivity contribution < 1.29 is 19.1 Å². The van der Waals surface area contributed by atoms with Gasteiger partial charge in [-0.25, -0.2) is 4.79 Å². The predicted octanol–water partition coefficient (Wildman–Crippen LogP) is -0.290. The largest absolute Gasteiger partial charge is 0.394 e. The van der Waals surface area contributed by atoms with E-state index in [-0.39, 0.29) is 18.8 Å². The Kier molecular flexibility index (Phi) is 8.05. The quantitative estimate of drug-likeness (QED) is 0.258. The summed E-state index contributed by atoms with van der Waals surface area (Å²) in [4.78, 5) is 32.5. The van der Waals surface area contributed by atoms with E-state index in [1.54, 1.807) is 6.92 Å². The number of hydrogen-bond acceptors (Lipinski definition) is 5. The zero-order valence-electron chi connectivity index (χ0n) is 9.40. The molecule has 1 atom stereocenters. The average Bonchev–Trinajstić information content (AvgIpc) is 2.28. The number of amides is 1. The molecule has 3 N–H and O–H groups in total. The van der Waals surface area contributed by atoms with E-state index in [1.807, 2.05) is 0 Å². The van der Waals surface area contributed by atoms with E-state index < -0.39 is 12.0 Å². The Morgan fingerprint density at radius 2 is 2.12 bits per heavy atom. The maximum atomic E-state index is 11.3. The van der Waals surface area contributed by atoms with E-state index in [0.717, 1.165) is 6.42 Å². The van der Waals surface area contributed by atoms with Gasteiger partial charge in [-0.1, -0.05) is 6.92 Å². The van der Waals surface area contributed by atoms with Crippen molar-refractivity contribution in [1.29, 1.82) is 0 Å². The number of nitrogens with one attached hydrogen (secondary N) is 1. The average molecular weight is 230 g/mol. The number of carbonyl (C=O) groups is 3. The molecule has 0 unspecified atom stereocenters. The summed E-state index contributed by atoms with van der Waals surface area (Å²) in [5, 5.41) is 2.50. The third kappa shape index (κ3) is 6.13. The highest BCUT2D eigenvalue weighted by Gasteiger charge is 2.20. The predicted molar refractivity (Wildman–Crippen MR) is 57.3 cm³/mol. The molecule has 1 amide bonds. The lowest BCUT2D eigenvalue weighted by atomic mass is 10.1. The zero-order valence-corrected chi connectivity index (χ0v) is 9.40. The van der Waals surface area contributed by atoms with Gasteiger partial charge in [0.2, 0.25) is 5.91 Å². The molecule has 0 aliphatic heterocycles. The molecule has 0 radical (unpaired) electrons. The first-order valence-corrected chi connectivity index (χ1v) is 5.29. The maximum absolute atomic E-state index is 11.3. The third-order valence-electron chi connectivity index (χ3n) is 2.05. The van der Waals surface area contributed by atoms with Crippen molar-refractivity contribution in [1.82, 2.24) is 5.32 Å². The van der Waals surface area contributed by atoms with Gasteiger partial charge in [0.05, 0.1) is 0 Å². The SMILES string of the molecule is CCC(=O)N[C@@H](CCCCN)C(=O)OC=O. The minimum atomic E-state index is -0.760. The van der Waals surface area contributed by atoms with Crippen molar-refractivity contribution in [3.8, 4) is 0 Å². The monoisotopic (exact) mass is 230 g/mol. The summed E-state index contributed by atoms with van der Waals surface area (Å²) in [7, 11) is 0. The topological polar surface area (TPSA) is 98.5 Å². The fourth-order valence-electron chi connectivity index (χ4n) is 1.17. The number of ether oxygens (including phenoxy) is 1. The Labute approximate surface area is 94.5 Å². The highest BCUT2D eigenvalue weighted by atomic mass is 16.6. The van der Waals surface area contributed by atoms with Crippen LogP contribution in [0.5, 0.6) is 0 Å². The third-order valence-corrected chi connectivity index (χ3v) is 2.05. The standard InChI is InChI=1S/C10H18N2O4/c1-2-9(14)12-8(5-3-4-6-11)10(15)16-7-13/h7-8H,2-6,11H2,1H3,(H,12,14)/t8-/m0/s1. The van der Waals surface area contributed by atoms with Crippen LogP contribution < -0.4 is 11.1 Å². The molecule has 0 aliphatic rings. The van der Waals surface area contributed by atoms with E-state index in [9.17, 15) is 14.4 Å². The van der Waals surface area contributed by atoms with Gasteiger partial charge in [-0.2, -0.15) is 0 Å². The lowest BCUT2D eigenvalue weighted by Gasteiger charge is -2.14. The minimum Gasteiger partial charge on any atom is -0.394 e. The maximum Gasteiger partial charge on any atom is 0.336 e. The molecule has 0 aromatic carbocycles. The summed E-state index contributed by atoms with van der Waals surface area (Å²) in [6, 6.07) is -0.760. The first kappa shape index (κ1) is 14.6. The number of hydrogen-bond donors (Lipinski definition) is 2. The van der Waals surface area contributed by atoms with Gasteiger partial charge in [0.25, 0.3) is 0 Å². The van der Waals surface area contributed by atoms with Crippen LogP contribution in [-0.4, -0.2) is 30.9 Å². The highest BCUT2D eigenvalue weighted by Crippen LogP contribution is 2.02. The van der Waals surface area contributed by atoms with Crippen LogP contribution in [0.2, 0.25) is 0 Å². The second-order valence-corrected chi connectivity index (χ2v) is 3.29. The Morgan fingerprint density at radius 3 is 2.62 bits per heavy atom. The van der Waals surface area contributed by atoms with E-state index in [1.165, 1.54) is 0 Å². The number of nitrogens with two attached hydrogens (primary N) is 1. The van der Waals surface area contributed by atoms with E-state index in [4.69, 9.17) is 5.73 Å². The van der Waals surface area contributed by atoms with Crippen LogP contribution in [0.4, 0.5) is 0 Å². The molecule has 6 heteroatoms. The first-order valence-electron chi connectivity index (χ1n) is 5.29. The number of rotatable bonds is 8. The van der Waals surface area contributed by atoms with Crippen molar-refractivity contribution >= 4 is 18.3 Å². The second kappa shape index (κ2) is 8.84. The van der Waals surface area contributed by atoms with E-state index in [0.29, 0.717) is 19.4 Å². The summed E-state index contributed by atoms with van der Waals surface area (Å²) in [6.45, 7) is 2.27. The van der Waals surface area contributed by atoms with Crippen molar-refractivity contribution in [2.75, 3.05) is 6.54 Å². The van der Waals surface area contributed by atoms with Gasteiger partial charge in [-0.15, -0.1) is 0 Å². The molecule has 0 fully saturated rings. The molecule has 6 nitrogen and oxygen atoms in total. The van der Waals surface area contributed by atoms with E-state index in [2.05, 4.69) is 10.1 Å². The highest BCUT2D eigenvalue weighted by molar-refractivity contribution is 5.86. The lowest BCUT2D eigenvalue weighted by Crippen LogP contribution is -2.41. The van der Waals surface area contributed by atoms with Gasteiger partial charge in [-0.3, -0.25) is 9.59 Å². The molecule has 0 saturated heterocycles. The molecule has 0 spiro atoms. The summed E-state index contributed by atoms with van der Waals surface area (Å²) in [5.41, 5.74) is 5.32. The van der Waals surface area contributed by atoms with Crippen LogP contribution in [-0.2, 0) is 19.1 Å². The van der Waals surface area contributed by atoms with Crippen molar-refractivity contribution in [2.45, 2.75) is 38.6 Å². The Bertz CT molecular complexity index is 243. The van der Waals surface area contributed by atoms with Crippen molar-refractivity contribution in [2.24, 2.45) is 5.73 Å². The van der Waals surface area contributed by atoms with Crippen LogP contribution in [0.25, 0.3) is 0 Å². The summed E-state index contributed by atoms with van der Waals surface area (Å²) < 4.78 is 4.21. The molecule has 0 rings (SSSR count). The van der Waals surface area contributed by atoms with E-state index >= 15 is 0 Å². The second-order valence-electron chi connectivity index (χ2n) is 3.29. The molecule has 92 valence electrons. The van der Waals surface area contributed by atoms with Crippen LogP contribution in [0.1, 0.15) is 32.6 Å². The fraction of sp³-hybridized carbons (Fsp3) is 0.700. The molecule has 0 bridgehead atoms. The molecule has 0 saturated carbocycles. The summed E-state index contributed by atoms with van der Waals surface area (Å²) >= 11 is 0. The zero-order chi connectivity index (χ0) is 12.4. The number of esters is 1. The van der Waals surface area contributed by atoms with Gasteiger partial charge in [-0.05, 0) is 25.8 Å². The Balaban J connectivity index is 4.19. The Morgan fingerprint density at radius 1 is 1.44 bits per heavy atom. The number of carbonyl (C=O) groups excluding carboxylic acids is 3. The molecule has 0 aromatic rings. The van der Waals surface area contributed by atoms with Crippen LogP contribution in [0.15, 0.2) is 0 Å². The first-order chi connectivity index (χ1) is 7.65. The van der Waals surface area contributed by atoms with Crippen LogP contribution >= 0.6 is 0 Å². The van der Waals surface area contributed by atoms with Gasteiger partial charge in [0.15, 0.2) is 0 Å². The van der Waals surface area contributed by atoms with Gasteiger partial charge < -0.3 is 15.8 Å². The van der Waals surface area contributed by atoms with Gasteiger partial charge in [0.1, 0.15) is 6.04 Å². The molecular weight excluding hydrogens is 212 g/mol. The summed E-state index contributed by atoms with van der Waals surface area (Å²) in [5.74, 6) is -0.977. The molecule has 0 aliphatic carbocycles. The molecular formula is C10H18N2O4. The van der Waals surface area contributed by atoms with Crippen LogP contribution in [0, 0.1) is 0 Å². The number of unbranched alkanes of at least 4 members (excludes halogenated alkanes) is 1. The summed E-state index contributed by atoms with van der Waals surface area (Å²) in [6.07, 6.45) is 2.16. The fourth-order valence-corrected chi connectivity index (χ4v) is 1.17.